The van der Waals surface area contributed by atoms with Gasteiger partial charge in [0.25, 0.3) is 0 Å². The van der Waals surface area contributed by atoms with E-state index in [2.05, 4.69) is 24.0 Å². The molecule has 3 N–H and O–H groups in total. The largest absolute Gasteiger partial charge is 0.354 e. The first-order chi connectivity index (χ1) is 3.43. The lowest BCUT2D eigenvalue weighted by atomic mass is 10.2. The van der Waals surface area contributed by atoms with Crippen molar-refractivity contribution >= 4 is 0 Å². The fourth-order valence-electron chi connectivity index (χ4n) is 0.677. The van der Waals surface area contributed by atoms with Crippen molar-refractivity contribution in [3.8, 4) is 0 Å². The van der Waals surface area contributed by atoms with Crippen molar-refractivity contribution in [2.24, 2.45) is 0 Å². The van der Waals surface area contributed by atoms with Crippen molar-refractivity contribution in [1.29, 1.82) is 0 Å². The van der Waals surface area contributed by atoms with Gasteiger partial charge < -0.3 is 5.73 Å². The Balaban J connectivity index is 2.45. The van der Waals surface area contributed by atoms with Crippen molar-refractivity contribution in [1.82, 2.24) is 0 Å². The molecule has 0 aromatic carbocycles. The van der Waals surface area contributed by atoms with Crippen LogP contribution in [0.3, 0.4) is 0 Å². The molecule has 0 bridgehead atoms. The summed E-state index contributed by atoms with van der Waals surface area (Å²) in [6.07, 6.45) is 7.50. The standard InChI is InChI=1S/C6H9N/c7-5-6-3-1-2-4-6/h1-3H,4-5,7H2/p+1. The molecular formula is C6H10N+. The minimum atomic E-state index is 0.965. The highest BCUT2D eigenvalue weighted by atomic mass is 14.5. The summed E-state index contributed by atoms with van der Waals surface area (Å²) in [7, 11) is 0. The maximum atomic E-state index is 3.76. The maximum Gasteiger partial charge on any atom is 0.0962 e. The molecule has 0 radical (unpaired) electrons. The molecule has 0 spiro atoms. The van der Waals surface area contributed by atoms with Gasteiger partial charge in [0.15, 0.2) is 0 Å². The van der Waals surface area contributed by atoms with Crippen molar-refractivity contribution < 1.29 is 5.73 Å². The number of rotatable bonds is 1. The van der Waals surface area contributed by atoms with Crippen LogP contribution in [-0.4, -0.2) is 6.54 Å². The molecule has 0 aromatic rings. The number of hydrogen-bond acceptors (Lipinski definition) is 0. The van der Waals surface area contributed by atoms with Gasteiger partial charge in [0.2, 0.25) is 0 Å². The zero-order valence-corrected chi connectivity index (χ0v) is 4.35. The molecule has 0 aromatic heterocycles. The molecule has 0 atom stereocenters. The van der Waals surface area contributed by atoms with Crippen LogP contribution in [0.25, 0.3) is 0 Å². The third kappa shape index (κ3) is 0.904. The van der Waals surface area contributed by atoms with E-state index in [4.69, 9.17) is 0 Å². The molecule has 1 heteroatoms. The summed E-state index contributed by atoms with van der Waals surface area (Å²) < 4.78 is 0. The minimum absolute atomic E-state index is 0.965. The van der Waals surface area contributed by atoms with Crippen LogP contribution in [0.4, 0.5) is 0 Å². The van der Waals surface area contributed by atoms with Crippen molar-refractivity contribution in [2.45, 2.75) is 6.42 Å². The second-order valence-electron chi connectivity index (χ2n) is 1.71. The normalized spacial score (nSPS) is 17.6. The lowest BCUT2D eigenvalue weighted by Crippen LogP contribution is -2.50. The number of quaternary nitrogens is 1. The van der Waals surface area contributed by atoms with Crippen molar-refractivity contribution in [3.05, 3.63) is 23.8 Å². The molecule has 38 valence electrons. The van der Waals surface area contributed by atoms with Gasteiger partial charge >= 0.3 is 0 Å². The van der Waals surface area contributed by atoms with Gasteiger partial charge in [-0.2, -0.15) is 0 Å². The summed E-state index contributed by atoms with van der Waals surface area (Å²) in [5.41, 5.74) is 5.20. The average molecular weight is 96.2 g/mol. The van der Waals surface area contributed by atoms with Gasteiger partial charge in [0, 0.05) is 0 Å². The average Bonchev–Trinajstić information content (AvgIpc) is 2.14. The first kappa shape index (κ1) is 4.60. The minimum Gasteiger partial charge on any atom is -0.354 e. The summed E-state index contributed by atoms with van der Waals surface area (Å²) >= 11 is 0. The molecule has 7 heavy (non-hydrogen) atoms. The van der Waals surface area contributed by atoms with Crippen molar-refractivity contribution in [2.75, 3.05) is 6.54 Å². The maximum absolute atomic E-state index is 3.76. The lowest BCUT2D eigenvalue weighted by molar-refractivity contribution is -0.356. The fourth-order valence-corrected chi connectivity index (χ4v) is 0.677. The monoisotopic (exact) mass is 96.1 g/mol. The van der Waals surface area contributed by atoms with E-state index in [9.17, 15) is 0 Å². The van der Waals surface area contributed by atoms with Gasteiger partial charge in [-0.15, -0.1) is 0 Å². The van der Waals surface area contributed by atoms with Gasteiger partial charge in [-0.3, -0.25) is 0 Å². The van der Waals surface area contributed by atoms with E-state index < -0.39 is 0 Å². The predicted octanol–water partition coefficient (Wildman–Crippen LogP) is 0.115. The summed E-state index contributed by atoms with van der Waals surface area (Å²) in [5.74, 6) is 0. The van der Waals surface area contributed by atoms with E-state index in [0.29, 0.717) is 0 Å². The predicted molar refractivity (Wildman–Crippen MR) is 29.6 cm³/mol. The number of allylic oxidation sites excluding steroid dienone is 3. The van der Waals surface area contributed by atoms with E-state index in [1.165, 1.54) is 5.57 Å². The van der Waals surface area contributed by atoms with Crippen LogP contribution >= 0.6 is 0 Å². The zero-order chi connectivity index (χ0) is 5.11. The van der Waals surface area contributed by atoms with Crippen LogP contribution in [0, 0.1) is 0 Å². The topological polar surface area (TPSA) is 27.6 Å². The van der Waals surface area contributed by atoms with Crippen LogP contribution < -0.4 is 5.73 Å². The highest BCUT2D eigenvalue weighted by molar-refractivity contribution is 5.22. The van der Waals surface area contributed by atoms with Gasteiger partial charge in [-0.25, -0.2) is 0 Å². The van der Waals surface area contributed by atoms with E-state index in [1.807, 2.05) is 0 Å². The molecule has 0 unspecified atom stereocenters. The molecule has 0 heterocycles. The van der Waals surface area contributed by atoms with Crippen LogP contribution in [0.5, 0.6) is 0 Å². The lowest BCUT2D eigenvalue weighted by Gasteiger charge is -1.85. The van der Waals surface area contributed by atoms with Gasteiger partial charge in [0.05, 0.1) is 6.54 Å². The van der Waals surface area contributed by atoms with Crippen molar-refractivity contribution in [3.63, 3.8) is 0 Å². The molecule has 0 fully saturated rings. The Morgan fingerprint density at radius 3 is 2.86 bits per heavy atom. The first-order valence-corrected chi connectivity index (χ1v) is 2.57. The highest BCUT2D eigenvalue weighted by Crippen LogP contribution is 2.06. The van der Waals surface area contributed by atoms with Crippen LogP contribution in [0.15, 0.2) is 23.8 Å². The molecule has 1 nitrogen and oxygen atoms in total. The van der Waals surface area contributed by atoms with E-state index in [1.54, 1.807) is 0 Å². The molecule has 0 saturated heterocycles. The molecule has 1 rings (SSSR count). The third-order valence-electron chi connectivity index (χ3n) is 1.17. The molecule has 0 saturated carbocycles. The second-order valence-corrected chi connectivity index (χ2v) is 1.71. The second kappa shape index (κ2) is 1.94. The Hall–Kier alpha value is -0.560. The van der Waals surface area contributed by atoms with Crippen LogP contribution in [0.2, 0.25) is 0 Å². The molecule has 0 amide bonds. The van der Waals surface area contributed by atoms with Crippen LogP contribution in [0.1, 0.15) is 6.42 Å². The third-order valence-corrected chi connectivity index (χ3v) is 1.17. The number of hydrogen-bond donors (Lipinski definition) is 1. The fraction of sp³-hybridized carbons (Fsp3) is 0.333. The van der Waals surface area contributed by atoms with Gasteiger partial charge in [0.1, 0.15) is 0 Å². The highest BCUT2D eigenvalue weighted by Gasteiger charge is 1.94. The van der Waals surface area contributed by atoms with E-state index >= 15 is 0 Å². The van der Waals surface area contributed by atoms with E-state index in [-0.39, 0.29) is 0 Å². The Bertz CT molecular complexity index is 111. The summed E-state index contributed by atoms with van der Waals surface area (Å²) in [5, 5.41) is 0. The van der Waals surface area contributed by atoms with Gasteiger partial charge in [-0.1, -0.05) is 18.2 Å². The Kier molecular flexibility index (Phi) is 1.27. The smallest absolute Gasteiger partial charge is 0.0962 e. The molecule has 1 aliphatic carbocycles. The summed E-state index contributed by atoms with van der Waals surface area (Å²) in [6.45, 7) is 0.965. The van der Waals surface area contributed by atoms with Crippen LogP contribution in [-0.2, 0) is 0 Å². The SMILES string of the molecule is [NH3+]CC1=CC=CC1. The first-order valence-electron chi connectivity index (χ1n) is 2.57. The Labute approximate surface area is 43.5 Å². The Morgan fingerprint density at radius 2 is 2.57 bits per heavy atom. The summed E-state index contributed by atoms with van der Waals surface area (Å²) in [4.78, 5) is 0. The molecule has 0 aliphatic heterocycles. The summed E-state index contributed by atoms with van der Waals surface area (Å²) in [6, 6.07) is 0. The molecular weight excluding hydrogens is 86.1 g/mol. The quantitative estimate of drug-likeness (QED) is 0.480. The zero-order valence-electron chi connectivity index (χ0n) is 4.35. The Morgan fingerprint density at radius 1 is 1.71 bits per heavy atom. The van der Waals surface area contributed by atoms with E-state index in [0.717, 1.165) is 13.0 Å². The molecule has 1 aliphatic rings. The van der Waals surface area contributed by atoms with Gasteiger partial charge in [-0.05, 0) is 12.0 Å².